The summed E-state index contributed by atoms with van der Waals surface area (Å²) in [5, 5.41) is 4.40. The molecule has 1 aliphatic carbocycles. The molecule has 0 spiro atoms. The lowest BCUT2D eigenvalue weighted by atomic mass is 9.94. The van der Waals surface area contributed by atoms with Crippen LogP contribution in [0.2, 0.25) is 0 Å². The van der Waals surface area contributed by atoms with Crippen LogP contribution >= 0.6 is 0 Å². The van der Waals surface area contributed by atoms with E-state index in [4.69, 9.17) is 15.5 Å². The Morgan fingerprint density at radius 3 is 2.50 bits per heavy atom. The second kappa shape index (κ2) is 9.95. The summed E-state index contributed by atoms with van der Waals surface area (Å²) in [6, 6.07) is 12.4. The van der Waals surface area contributed by atoms with E-state index in [1.54, 1.807) is 7.11 Å². The van der Waals surface area contributed by atoms with E-state index < -0.39 is 6.17 Å². The Labute approximate surface area is 200 Å². The molecule has 1 atom stereocenters. The maximum Gasteiger partial charge on any atom is 0.227 e. The van der Waals surface area contributed by atoms with Gasteiger partial charge in [0.2, 0.25) is 5.95 Å². The van der Waals surface area contributed by atoms with Crippen molar-refractivity contribution in [3.8, 4) is 5.75 Å². The molecule has 8 heteroatoms. The van der Waals surface area contributed by atoms with E-state index in [-0.39, 0.29) is 0 Å². The van der Waals surface area contributed by atoms with Gasteiger partial charge in [-0.2, -0.15) is 0 Å². The monoisotopic (exact) mass is 460 g/mol. The number of methoxy groups -OCH3 is 1. The van der Waals surface area contributed by atoms with E-state index in [1.165, 1.54) is 31.2 Å². The Bertz CT molecular complexity index is 1140. The Morgan fingerprint density at radius 1 is 1.09 bits per heavy atom. The van der Waals surface area contributed by atoms with E-state index >= 15 is 0 Å². The fourth-order valence-electron chi connectivity index (χ4n) is 5.20. The molecule has 5 rings (SSSR count). The molecule has 2 heterocycles. The Hall–Kier alpha value is -3.23. The zero-order chi connectivity index (χ0) is 23.5. The zero-order valence-electron chi connectivity index (χ0n) is 19.6. The van der Waals surface area contributed by atoms with Gasteiger partial charge in [-0.25, -0.2) is 9.97 Å². The zero-order valence-corrected chi connectivity index (χ0v) is 19.6. The standard InChI is InChI=1S/C26H32N6O2/c1-34-22-11-6-19-16-28-26(30-25(19)24(22)18-4-2-3-5-18)29-20-7-9-21(10-8-20)31-12-14-32(15-13-31)23(27)17-33/h6-11,16-18,23H,2-5,12-15,27H2,1H3,(H,28,29,30). The summed E-state index contributed by atoms with van der Waals surface area (Å²) in [6.45, 7) is 3.23. The van der Waals surface area contributed by atoms with E-state index in [1.807, 2.05) is 23.2 Å². The maximum absolute atomic E-state index is 10.9. The normalized spacial score (nSPS) is 18.2. The maximum atomic E-state index is 10.9. The molecule has 34 heavy (non-hydrogen) atoms. The third-order valence-corrected chi connectivity index (χ3v) is 7.10. The van der Waals surface area contributed by atoms with Crippen LogP contribution in [0.15, 0.2) is 42.6 Å². The first-order chi connectivity index (χ1) is 16.7. The molecule has 1 saturated carbocycles. The minimum absolute atomic E-state index is 0.488. The summed E-state index contributed by atoms with van der Waals surface area (Å²) in [5.41, 5.74) is 10.1. The van der Waals surface area contributed by atoms with Crippen LogP contribution in [-0.4, -0.2) is 60.6 Å². The molecule has 8 nitrogen and oxygen atoms in total. The summed E-state index contributed by atoms with van der Waals surface area (Å²) in [6.07, 6.45) is 7.05. The van der Waals surface area contributed by atoms with Crippen molar-refractivity contribution in [2.45, 2.75) is 37.8 Å². The van der Waals surface area contributed by atoms with Crippen LogP contribution in [0.25, 0.3) is 10.9 Å². The van der Waals surface area contributed by atoms with Gasteiger partial charge in [0.15, 0.2) is 6.29 Å². The Morgan fingerprint density at radius 2 is 1.82 bits per heavy atom. The molecule has 1 aliphatic heterocycles. The highest BCUT2D eigenvalue weighted by Crippen LogP contribution is 2.42. The minimum Gasteiger partial charge on any atom is -0.496 e. The topological polar surface area (TPSA) is 96.6 Å². The average Bonchev–Trinajstić information content (AvgIpc) is 3.42. The molecular formula is C26H32N6O2. The van der Waals surface area contributed by atoms with Crippen LogP contribution in [0.1, 0.15) is 37.2 Å². The molecular weight excluding hydrogens is 428 g/mol. The van der Waals surface area contributed by atoms with E-state index in [0.29, 0.717) is 11.9 Å². The molecule has 2 aromatic carbocycles. The van der Waals surface area contributed by atoms with E-state index in [0.717, 1.165) is 60.5 Å². The molecule has 1 saturated heterocycles. The number of nitrogens with one attached hydrogen (secondary N) is 1. The highest BCUT2D eigenvalue weighted by Gasteiger charge is 2.24. The highest BCUT2D eigenvalue weighted by atomic mass is 16.5. The van der Waals surface area contributed by atoms with Crippen LogP contribution in [0.3, 0.4) is 0 Å². The fraction of sp³-hybridized carbons (Fsp3) is 0.423. The van der Waals surface area contributed by atoms with Crippen molar-refractivity contribution in [1.29, 1.82) is 0 Å². The van der Waals surface area contributed by atoms with Crippen molar-refractivity contribution < 1.29 is 9.53 Å². The number of nitrogens with two attached hydrogens (primary N) is 1. The smallest absolute Gasteiger partial charge is 0.227 e. The number of aromatic nitrogens is 2. The van der Waals surface area contributed by atoms with Crippen LogP contribution in [0.4, 0.5) is 17.3 Å². The average molecular weight is 461 g/mol. The summed E-state index contributed by atoms with van der Waals surface area (Å²) in [7, 11) is 1.73. The van der Waals surface area contributed by atoms with Crippen molar-refractivity contribution >= 4 is 34.5 Å². The molecule has 3 N–H and O–H groups in total. The second-order valence-electron chi connectivity index (χ2n) is 9.12. The molecule has 1 aromatic heterocycles. The van der Waals surface area contributed by atoms with Crippen molar-refractivity contribution in [1.82, 2.24) is 14.9 Å². The Balaban J connectivity index is 1.32. The molecule has 0 amide bonds. The molecule has 2 fully saturated rings. The number of rotatable bonds is 7. The van der Waals surface area contributed by atoms with Crippen LogP contribution in [0, 0.1) is 0 Å². The number of ether oxygens (including phenoxy) is 1. The summed E-state index contributed by atoms with van der Waals surface area (Å²) in [5.74, 6) is 1.99. The SMILES string of the molecule is COc1ccc2cnc(Nc3ccc(N4CCN(C(N)C=O)CC4)cc3)nc2c1C1CCCC1. The van der Waals surface area contributed by atoms with Gasteiger partial charge in [0.1, 0.15) is 11.9 Å². The first-order valence-corrected chi connectivity index (χ1v) is 12.1. The van der Waals surface area contributed by atoms with Gasteiger partial charge in [-0.3, -0.25) is 4.90 Å². The Kier molecular flexibility index (Phi) is 6.60. The number of benzene rings is 2. The third kappa shape index (κ3) is 4.56. The molecule has 1 unspecified atom stereocenters. The summed E-state index contributed by atoms with van der Waals surface area (Å²) in [4.78, 5) is 24.7. The number of piperazine rings is 1. The van der Waals surface area contributed by atoms with E-state index in [9.17, 15) is 4.79 Å². The quantitative estimate of drug-likeness (QED) is 0.516. The largest absolute Gasteiger partial charge is 0.496 e. The fourth-order valence-corrected chi connectivity index (χ4v) is 5.20. The second-order valence-corrected chi connectivity index (χ2v) is 9.12. The van der Waals surface area contributed by atoms with Crippen molar-refractivity contribution in [3.63, 3.8) is 0 Å². The molecule has 2 aliphatic rings. The third-order valence-electron chi connectivity index (χ3n) is 7.10. The highest BCUT2D eigenvalue weighted by molar-refractivity contribution is 5.85. The van der Waals surface area contributed by atoms with Gasteiger partial charge >= 0.3 is 0 Å². The lowest BCUT2D eigenvalue weighted by Gasteiger charge is -2.37. The van der Waals surface area contributed by atoms with E-state index in [2.05, 4.69) is 39.5 Å². The van der Waals surface area contributed by atoms with Gasteiger partial charge < -0.3 is 25.5 Å². The first kappa shape index (κ1) is 22.6. The van der Waals surface area contributed by atoms with Gasteiger partial charge in [-0.1, -0.05) is 12.8 Å². The van der Waals surface area contributed by atoms with Gasteiger partial charge in [0.05, 0.1) is 12.6 Å². The molecule has 3 aromatic rings. The lowest BCUT2D eigenvalue weighted by molar-refractivity contribution is -0.112. The number of hydrogen-bond donors (Lipinski definition) is 2. The number of carbonyl (C=O) groups is 1. The van der Waals surface area contributed by atoms with Crippen molar-refractivity contribution in [2.75, 3.05) is 43.5 Å². The first-order valence-electron chi connectivity index (χ1n) is 12.1. The van der Waals surface area contributed by atoms with Crippen LogP contribution in [-0.2, 0) is 4.79 Å². The predicted molar refractivity (Wildman–Crippen MR) is 135 cm³/mol. The van der Waals surface area contributed by atoms with Gasteiger partial charge in [0.25, 0.3) is 0 Å². The molecule has 0 radical (unpaired) electrons. The number of aldehydes is 1. The van der Waals surface area contributed by atoms with Crippen LogP contribution in [0.5, 0.6) is 5.75 Å². The minimum atomic E-state index is -0.509. The number of hydrogen-bond acceptors (Lipinski definition) is 8. The predicted octanol–water partition coefficient (Wildman–Crippen LogP) is 3.65. The number of anilines is 3. The van der Waals surface area contributed by atoms with Gasteiger partial charge in [-0.15, -0.1) is 0 Å². The number of carbonyl (C=O) groups excluding carboxylic acids is 1. The lowest BCUT2D eigenvalue weighted by Crippen LogP contribution is -2.53. The van der Waals surface area contributed by atoms with Crippen molar-refractivity contribution in [3.05, 3.63) is 48.2 Å². The van der Waals surface area contributed by atoms with Crippen molar-refractivity contribution in [2.24, 2.45) is 5.73 Å². The molecule has 178 valence electrons. The number of nitrogens with zero attached hydrogens (tertiary/aromatic N) is 4. The van der Waals surface area contributed by atoms with Crippen LogP contribution < -0.4 is 20.7 Å². The van der Waals surface area contributed by atoms with Gasteiger partial charge in [-0.05, 0) is 55.2 Å². The summed E-state index contributed by atoms with van der Waals surface area (Å²) < 4.78 is 5.71. The van der Waals surface area contributed by atoms with Gasteiger partial charge in [0, 0.05) is 54.7 Å². The molecule has 0 bridgehead atoms. The summed E-state index contributed by atoms with van der Waals surface area (Å²) >= 11 is 0. The number of fused-ring (bicyclic) bond motifs is 1.